The lowest BCUT2D eigenvalue weighted by molar-refractivity contribution is -0.131. The number of ether oxygens (including phenoxy) is 1. The van der Waals surface area contributed by atoms with E-state index in [-0.39, 0.29) is 5.97 Å². The molecule has 0 spiro atoms. The fourth-order valence-electron chi connectivity index (χ4n) is 2.06. The molecule has 6 heteroatoms. The zero-order valence-electron chi connectivity index (χ0n) is 9.83. The van der Waals surface area contributed by atoms with Crippen molar-refractivity contribution in [1.82, 2.24) is 9.97 Å². The predicted octanol–water partition coefficient (Wildman–Crippen LogP) is 4.17. The number of esters is 1. The molecule has 0 aliphatic rings. The molecule has 2 heterocycles. The van der Waals surface area contributed by atoms with Gasteiger partial charge < -0.3 is 9.72 Å². The van der Waals surface area contributed by atoms with Crippen molar-refractivity contribution in [2.75, 3.05) is 0 Å². The molecule has 1 N–H and O–H groups in total. The minimum absolute atomic E-state index is 0.359. The molecule has 0 radical (unpaired) electrons. The highest BCUT2D eigenvalue weighted by Crippen LogP contribution is 2.42. The van der Waals surface area contributed by atoms with Gasteiger partial charge in [-0.1, -0.05) is 0 Å². The van der Waals surface area contributed by atoms with Gasteiger partial charge in [0.25, 0.3) is 0 Å². The van der Waals surface area contributed by atoms with Crippen molar-refractivity contribution < 1.29 is 9.53 Å². The largest absolute Gasteiger partial charge is 0.424 e. The fraction of sp³-hybridized carbons (Fsp3) is 0.0769. The predicted molar refractivity (Wildman–Crippen MR) is 80.3 cm³/mol. The number of hydrogen-bond donors (Lipinski definition) is 1. The van der Waals surface area contributed by atoms with Crippen LogP contribution in [0.15, 0.2) is 33.5 Å². The fourth-order valence-corrected chi connectivity index (χ4v) is 3.55. The second kappa shape index (κ2) is 4.61. The van der Waals surface area contributed by atoms with Crippen LogP contribution in [0.5, 0.6) is 5.75 Å². The lowest BCUT2D eigenvalue weighted by atomic mass is 10.2. The summed E-state index contributed by atoms with van der Waals surface area (Å²) in [6.07, 6.45) is 3.50. The van der Waals surface area contributed by atoms with E-state index >= 15 is 0 Å². The molecule has 3 rings (SSSR count). The van der Waals surface area contributed by atoms with Gasteiger partial charge in [-0.25, -0.2) is 0 Å². The minimum atomic E-state index is -0.359. The second-order valence-electron chi connectivity index (χ2n) is 4.06. The number of hydrogen-bond acceptors (Lipinski definition) is 3. The molecule has 2 aromatic heterocycles. The van der Waals surface area contributed by atoms with Crippen LogP contribution < -0.4 is 4.74 Å². The Kier molecular flexibility index (Phi) is 3.06. The number of halogens is 2. The third kappa shape index (κ3) is 2.04. The van der Waals surface area contributed by atoms with Crippen LogP contribution in [0.3, 0.4) is 0 Å². The number of aromatic amines is 1. The molecule has 1 aromatic carbocycles. The van der Waals surface area contributed by atoms with E-state index in [0.29, 0.717) is 10.2 Å². The van der Waals surface area contributed by atoms with Crippen molar-refractivity contribution in [3.05, 3.63) is 33.5 Å². The molecule has 0 fully saturated rings. The monoisotopic (exact) mass is 382 g/mol. The molecule has 4 nitrogen and oxygen atoms in total. The maximum Gasteiger partial charge on any atom is 0.308 e. The summed E-state index contributed by atoms with van der Waals surface area (Å²) in [6.45, 7) is 1.38. The number of nitrogens with zero attached hydrogens (tertiary/aromatic N) is 1. The third-order valence-corrected chi connectivity index (χ3v) is 4.13. The maximum atomic E-state index is 11.2. The molecular formula is C13H8Br2N2O2. The molecule has 0 bridgehead atoms. The van der Waals surface area contributed by atoms with Gasteiger partial charge in [-0.3, -0.25) is 9.78 Å². The van der Waals surface area contributed by atoms with Gasteiger partial charge in [0.1, 0.15) is 0 Å². The van der Waals surface area contributed by atoms with Crippen LogP contribution >= 0.6 is 31.9 Å². The molecule has 0 saturated heterocycles. The van der Waals surface area contributed by atoms with Gasteiger partial charge >= 0.3 is 5.97 Å². The number of nitrogens with one attached hydrogen (secondary N) is 1. The van der Waals surface area contributed by atoms with Crippen LogP contribution in [-0.4, -0.2) is 15.9 Å². The Morgan fingerprint density at radius 2 is 2.16 bits per heavy atom. The first-order valence-corrected chi connectivity index (χ1v) is 7.08. The zero-order valence-corrected chi connectivity index (χ0v) is 13.0. The summed E-state index contributed by atoms with van der Waals surface area (Å²) in [5.41, 5.74) is 1.88. The van der Waals surface area contributed by atoms with E-state index in [1.54, 1.807) is 12.4 Å². The molecule has 19 heavy (non-hydrogen) atoms. The Labute approximate surface area is 125 Å². The number of benzene rings is 1. The number of fused-ring (bicyclic) bond motifs is 3. The highest BCUT2D eigenvalue weighted by atomic mass is 79.9. The van der Waals surface area contributed by atoms with Crippen LogP contribution in [0.4, 0.5) is 0 Å². The Hall–Kier alpha value is -1.40. The Bertz CT molecular complexity index is 811. The number of pyridine rings is 1. The quantitative estimate of drug-likeness (QED) is 0.506. The van der Waals surface area contributed by atoms with Crippen molar-refractivity contribution >= 4 is 59.6 Å². The van der Waals surface area contributed by atoms with E-state index in [9.17, 15) is 4.79 Å². The first-order valence-electron chi connectivity index (χ1n) is 5.49. The number of rotatable bonds is 1. The molecule has 3 aromatic rings. The number of H-pyrrole nitrogens is 1. The third-order valence-electron chi connectivity index (χ3n) is 2.78. The van der Waals surface area contributed by atoms with Crippen molar-refractivity contribution in [3.63, 3.8) is 0 Å². The van der Waals surface area contributed by atoms with E-state index in [1.165, 1.54) is 6.92 Å². The molecular weight excluding hydrogens is 376 g/mol. The number of aromatic nitrogens is 2. The number of carbonyl (C=O) groups excluding carboxylic acids is 1. The summed E-state index contributed by atoms with van der Waals surface area (Å²) >= 11 is 6.92. The van der Waals surface area contributed by atoms with Crippen LogP contribution in [-0.2, 0) is 4.79 Å². The summed E-state index contributed by atoms with van der Waals surface area (Å²) in [4.78, 5) is 18.5. The Balaban J connectivity index is 2.41. The van der Waals surface area contributed by atoms with Crippen LogP contribution in [0.1, 0.15) is 6.92 Å². The lowest BCUT2D eigenvalue weighted by Crippen LogP contribution is -2.02. The van der Waals surface area contributed by atoms with Gasteiger partial charge in [0.2, 0.25) is 0 Å². The summed E-state index contributed by atoms with van der Waals surface area (Å²) in [7, 11) is 0. The second-order valence-corrected chi connectivity index (χ2v) is 5.71. The van der Waals surface area contributed by atoms with E-state index < -0.39 is 0 Å². The van der Waals surface area contributed by atoms with E-state index in [2.05, 4.69) is 41.8 Å². The van der Waals surface area contributed by atoms with Gasteiger partial charge in [0.15, 0.2) is 5.75 Å². The van der Waals surface area contributed by atoms with Crippen molar-refractivity contribution in [1.29, 1.82) is 0 Å². The van der Waals surface area contributed by atoms with Gasteiger partial charge in [0.05, 0.1) is 20.7 Å². The average molecular weight is 384 g/mol. The molecule has 96 valence electrons. The van der Waals surface area contributed by atoms with Crippen LogP contribution in [0.25, 0.3) is 21.8 Å². The molecule has 0 saturated carbocycles. The van der Waals surface area contributed by atoms with Crippen molar-refractivity contribution in [2.24, 2.45) is 0 Å². The standard InChI is InChI=1S/C13H8Br2N2O2/c1-6(18)19-13-8(14)4-9-11(12(13)15)7-2-3-16-5-10(7)17-9/h2-5,17H,1H3. The van der Waals surface area contributed by atoms with Gasteiger partial charge in [0, 0.05) is 29.4 Å². The summed E-state index contributed by atoms with van der Waals surface area (Å²) in [6, 6.07) is 3.81. The summed E-state index contributed by atoms with van der Waals surface area (Å²) in [5, 5.41) is 2.00. The highest BCUT2D eigenvalue weighted by molar-refractivity contribution is 9.11. The van der Waals surface area contributed by atoms with Crippen LogP contribution in [0.2, 0.25) is 0 Å². The van der Waals surface area contributed by atoms with E-state index in [1.807, 2.05) is 12.1 Å². The van der Waals surface area contributed by atoms with Crippen LogP contribution in [0, 0.1) is 0 Å². The first kappa shape index (κ1) is 12.6. The summed E-state index contributed by atoms with van der Waals surface area (Å²) in [5.74, 6) is 0.125. The van der Waals surface area contributed by atoms with Gasteiger partial charge in [-0.15, -0.1) is 0 Å². The minimum Gasteiger partial charge on any atom is -0.424 e. The molecule has 0 aliphatic heterocycles. The molecule has 0 aliphatic carbocycles. The number of carbonyl (C=O) groups is 1. The molecule has 0 unspecified atom stereocenters. The average Bonchev–Trinajstić information content (AvgIpc) is 2.72. The molecule has 0 atom stereocenters. The zero-order chi connectivity index (χ0) is 13.6. The van der Waals surface area contributed by atoms with Gasteiger partial charge in [-0.05, 0) is 44.0 Å². The topological polar surface area (TPSA) is 55.0 Å². The SMILES string of the molecule is CC(=O)Oc1c(Br)cc2[nH]c3cnccc3c2c1Br. The van der Waals surface area contributed by atoms with Gasteiger partial charge in [-0.2, -0.15) is 0 Å². The Morgan fingerprint density at radius 1 is 1.37 bits per heavy atom. The van der Waals surface area contributed by atoms with E-state index in [0.717, 1.165) is 26.3 Å². The lowest BCUT2D eigenvalue weighted by Gasteiger charge is -2.08. The maximum absolute atomic E-state index is 11.2. The van der Waals surface area contributed by atoms with Crippen molar-refractivity contribution in [2.45, 2.75) is 6.92 Å². The smallest absolute Gasteiger partial charge is 0.308 e. The molecule has 0 amide bonds. The van der Waals surface area contributed by atoms with Crippen molar-refractivity contribution in [3.8, 4) is 5.75 Å². The normalized spacial score (nSPS) is 11.1. The highest BCUT2D eigenvalue weighted by Gasteiger charge is 2.16. The Morgan fingerprint density at radius 3 is 2.89 bits per heavy atom. The summed E-state index contributed by atoms with van der Waals surface area (Å²) < 4.78 is 6.69. The first-order chi connectivity index (χ1) is 9.08. The van der Waals surface area contributed by atoms with E-state index in [4.69, 9.17) is 4.74 Å².